The molecule has 0 unspecified atom stereocenters. The number of ether oxygens (including phenoxy) is 1. The Labute approximate surface area is 184 Å². The highest BCUT2D eigenvalue weighted by Crippen LogP contribution is 2.28. The van der Waals surface area contributed by atoms with E-state index in [0.717, 1.165) is 24.1 Å². The van der Waals surface area contributed by atoms with Crippen LogP contribution in [0, 0.1) is 6.92 Å². The van der Waals surface area contributed by atoms with Gasteiger partial charge in [-0.25, -0.2) is 9.67 Å². The van der Waals surface area contributed by atoms with Gasteiger partial charge in [-0.3, -0.25) is 9.59 Å². The number of aromatic nitrogens is 3. The van der Waals surface area contributed by atoms with Crippen LogP contribution in [-0.2, 0) is 9.53 Å². The molecule has 1 aliphatic rings. The number of anilines is 1. The van der Waals surface area contributed by atoms with Crippen molar-refractivity contribution in [1.82, 2.24) is 19.7 Å². The van der Waals surface area contributed by atoms with E-state index in [4.69, 9.17) is 4.74 Å². The average Bonchev–Trinajstić information content (AvgIpc) is 3.43. The topological polar surface area (TPSA) is 89.4 Å². The highest BCUT2D eigenvalue weighted by atomic mass is 32.1. The van der Waals surface area contributed by atoms with Crippen molar-refractivity contribution in [2.24, 2.45) is 0 Å². The number of nitrogens with zero attached hydrogens (tertiary/aromatic N) is 4. The Morgan fingerprint density at radius 3 is 2.58 bits per heavy atom. The maximum atomic E-state index is 12.8. The Morgan fingerprint density at radius 2 is 1.94 bits per heavy atom. The lowest BCUT2D eigenvalue weighted by atomic mass is 10.0. The van der Waals surface area contributed by atoms with Gasteiger partial charge in [-0.05, 0) is 25.3 Å². The summed E-state index contributed by atoms with van der Waals surface area (Å²) in [5.74, 6) is 0.424. The molecule has 31 heavy (non-hydrogen) atoms. The number of aryl methyl sites for hydroxylation is 1. The number of benzene rings is 1. The van der Waals surface area contributed by atoms with Crippen LogP contribution in [0.1, 0.15) is 45.9 Å². The highest BCUT2D eigenvalue weighted by Gasteiger charge is 2.28. The second-order valence-corrected chi connectivity index (χ2v) is 8.32. The maximum Gasteiger partial charge on any atom is 0.265 e. The summed E-state index contributed by atoms with van der Waals surface area (Å²) in [4.78, 5) is 32.3. The number of piperidine rings is 1. The van der Waals surface area contributed by atoms with Crippen molar-refractivity contribution in [3.63, 3.8) is 0 Å². The molecule has 1 aromatic carbocycles. The minimum Gasteiger partial charge on any atom is -0.367 e. The molecule has 1 N–H and O–H groups in total. The second-order valence-electron chi connectivity index (χ2n) is 7.47. The van der Waals surface area contributed by atoms with E-state index in [1.54, 1.807) is 17.8 Å². The van der Waals surface area contributed by atoms with Gasteiger partial charge in [0.15, 0.2) is 6.10 Å². The number of hydrogen-bond donors (Lipinski definition) is 1. The monoisotopic (exact) mass is 439 g/mol. The predicted octanol–water partition coefficient (Wildman–Crippen LogP) is 3.45. The quantitative estimate of drug-likeness (QED) is 0.635. The average molecular weight is 440 g/mol. The summed E-state index contributed by atoms with van der Waals surface area (Å²) in [6.07, 6.45) is 2.51. The minimum absolute atomic E-state index is 0.0400. The first kappa shape index (κ1) is 21.2. The third kappa shape index (κ3) is 4.52. The lowest BCUT2D eigenvalue weighted by molar-refractivity contribution is -0.126. The Balaban J connectivity index is 1.40. The Kier molecular flexibility index (Phi) is 6.43. The number of carbonyl (C=O) groups excluding carboxylic acids is 2. The zero-order valence-electron chi connectivity index (χ0n) is 17.5. The highest BCUT2D eigenvalue weighted by molar-refractivity contribution is 7.11. The molecule has 2 aromatic heterocycles. The summed E-state index contributed by atoms with van der Waals surface area (Å²) >= 11 is 1.38. The molecular weight excluding hydrogens is 414 g/mol. The summed E-state index contributed by atoms with van der Waals surface area (Å²) in [5, 5.41) is 7.39. The van der Waals surface area contributed by atoms with Crippen molar-refractivity contribution in [2.45, 2.75) is 31.9 Å². The van der Waals surface area contributed by atoms with Crippen LogP contribution in [0.25, 0.3) is 0 Å². The molecule has 1 saturated heterocycles. The number of amides is 2. The first-order valence-electron chi connectivity index (χ1n) is 10.2. The molecule has 0 saturated carbocycles. The molecule has 9 heteroatoms. The van der Waals surface area contributed by atoms with E-state index in [0.29, 0.717) is 23.8 Å². The van der Waals surface area contributed by atoms with E-state index in [1.807, 2.05) is 46.8 Å². The van der Waals surface area contributed by atoms with Crippen LogP contribution in [0.15, 0.2) is 48.1 Å². The number of hydrogen-bond acceptors (Lipinski definition) is 6. The van der Waals surface area contributed by atoms with E-state index in [1.165, 1.54) is 18.4 Å². The predicted molar refractivity (Wildman–Crippen MR) is 118 cm³/mol. The SMILES string of the molecule is CO[C@@H](C(=O)Nc1ccnn1C1CCN(C(=O)c2scnc2C)CC1)c1ccccc1. The van der Waals surface area contributed by atoms with Crippen LogP contribution < -0.4 is 5.32 Å². The number of carbonyl (C=O) groups is 2. The van der Waals surface area contributed by atoms with Crippen LogP contribution in [0.5, 0.6) is 0 Å². The van der Waals surface area contributed by atoms with Crippen LogP contribution >= 0.6 is 11.3 Å². The summed E-state index contributed by atoms with van der Waals surface area (Å²) in [5.41, 5.74) is 3.27. The van der Waals surface area contributed by atoms with Gasteiger partial charge < -0.3 is 15.0 Å². The molecule has 2 amide bonds. The number of methoxy groups -OCH3 is 1. The molecule has 0 radical (unpaired) electrons. The van der Waals surface area contributed by atoms with Crippen LogP contribution in [0.4, 0.5) is 5.82 Å². The van der Waals surface area contributed by atoms with Gasteiger partial charge >= 0.3 is 0 Å². The first-order chi connectivity index (χ1) is 15.1. The summed E-state index contributed by atoms with van der Waals surface area (Å²) in [6.45, 7) is 3.13. The third-order valence-electron chi connectivity index (χ3n) is 5.54. The first-order valence-corrected chi connectivity index (χ1v) is 11.1. The third-order valence-corrected chi connectivity index (χ3v) is 6.45. The van der Waals surface area contributed by atoms with E-state index in [-0.39, 0.29) is 17.9 Å². The fourth-order valence-corrected chi connectivity index (χ4v) is 4.65. The normalized spacial score (nSPS) is 15.6. The van der Waals surface area contributed by atoms with Gasteiger partial charge in [0.25, 0.3) is 11.8 Å². The number of thiazole rings is 1. The van der Waals surface area contributed by atoms with Gasteiger partial charge in [0.1, 0.15) is 10.7 Å². The van der Waals surface area contributed by atoms with Crippen LogP contribution in [0.2, 0.25) is 0 Å². The standard InChI is InChI=1S/C22H25N5O3S/c1-15-20(31-14-23-15)22(29)26-12-9-17(10-13-26)27-18(8-11-24-27)25-21(28)19(30-2)16-6-4-3-5-7-16/h3-8,11,14,17,19H,9-10,12-13H2,1-2H3,(H,25,28)/t19-/m1/s1. The van der Waals surface area contributed by atoms with E-state index in [9.17, 15) is 9.59 Å². The van der Waals surface area contributed by atoms with E-state index >= 15 is 0 Å². The molecule has 162 valence electrons. The lowest BCUT2D eigenvalue weighted by Gasteiger charge is -2.32. The molecular formula is C22H25N5O3S. The van der Waals surface area contributed by atoms with Gasteiger partial charge in [-0.2, -0.15) is 5.10 Å². The zero-order chi connectivity index (χ0) is 21.8. The number of rotatable bonds is 6. The van der Waals surface area contributed by atoms with Crippen molar-refractivity contribution in [2.75, 3.05) is 25.5 Å². The summed E-state index contributed by atoms with van der Waals surface area (Å²) < 4.78 is 7.27. The van der Waals surface area contributed by atoms with Crippen molar-refractivity contribution in [1.29, 1.82) is 0 Å². The minimum atomic E-state index is -0.702. The smallest absolute Gasteiger partial charge is 0.265 e. The van der Waals surface area contributed by atoms with Gasteiger partial charge in [0.2, 0.25) is 0 Å². The van der Waals surface area contributed by atoms with Crippen molar-refractivity contribution in [3.05, 3.63) is 64.2 Å². The van der Waals surface area contributed by atoms with Crippen LogP contribution in [-0.4, -0.2) is 51.7 Å². The maximum absolute atomic E-state index is 12.8. The molecule has 1 aliphatic heterocycles. The van der Waals surface area contributed by atoms with Crippen LogP contribution in [0.3, 0.4) is 0 Å². The Bertz CT molecular complexity index is 1040. The zero-order valence-corrected chi connectivity index (χ0v) is 18.3. The van der Waals surface area contributed by atoms with Gasteiger partial charge in [0.05, 0.1) is 23.4 Å². The molecule has 3 aromatic rings. The van der Waals surface area contributed by atoms with Gasteiger partial charge in [-0.15, -0.1) is 11.3 Å². The van der Waals surface area contributed by atoms with Crippen molar-refractivity contribution in [3.8, 4) is 0 Å². The Hall–Kier alpha value is -3.04. The molecule has 1 atom stereocenters. The fraction of sp³-hybridized carbons (Fsp3) is 0.364. The molecule has 0 bridgehead atoms. The van der Waals surface area contributed by atoms with Gasteiger partial charge in [-0.1, -0.05) is 30.3 Å². The van der Waals surface area contributed by atoms with Crippen molar-refractivity contribution >= 4 is 29.0 Å². The van der Waals surface area contributed by atoms with E-state index in [2.05, 4.69) is 15.4 Å². The number of nitrogens with one attached hydrogen (secondary N) is 1. The van der Waals surface area contributed by atoms with Crippen molar-refractivity contribution < 1.29 is 14.3 Å². The molecule has 0 spiro atoms. The second kappa shape index (κ2) is 9.40. The Morgan fingerprint density at radius 1 is 1.19 bits per heavy atom. The molecule has 4 rings (SSSR count). The number of likely N-dealkylation sites (tertiary alicyclic amines) is 1. The summed E-state index contributed by atoms with van der Waals surface area (Å²) in [7, 11) is 1.52. The fourth-order valence-electron chi connectivity index (χ4n) is 3.88. The summed E-state index contributed by atoms with van der Waals surface area (Å²) in [6, 6.07) is 11.3. The molecule has 0 aliphatic carbocycles. The molecule has 3 heterocycles. The van der Waals surface area contributed by atoms with Gasteiger partial charge in [0, 0.05) is 26.3 Å². The molecule has 8 nitrogen and oxygen atoms in total. The lowest BCUT2D eigenvalue weighted by Crippen LogP contribution is -2.39. The molecule has 1 fully saturated rings. The van der Waals surface area contributed by atoms with E-state index < -0.39 is 6.10 Å². The largest absolute Gasteiger partial charge is 0.367 e.